The van der Waals surface area contributed by atoms with Crippen molar-refractivity contribution in [1.82, 2.24) is 10.5 Å². The number of hydrogen-bond donors (Lipinski definition) is 1. The summed E-state index contributed by atoms with van der Waals surface area (Å²) in [5.74, 6) is 0.403. The Kier molecular flexibility index (Phi) is 4.27. The quantitative estimate of drug-likeness (QED) is 0.839. The Morgan fingerprint density at radius 3 is 2.78 bits per heavy atom. The van der Waals surface area contributed by atoms with Crippen molar-refractivity contribution in [3.63, 3.8) is 0 Å². The Morgan fingerprint density at radius 2 is 2.17 bits per heavy atom. The summed E-state index contributed by atoms with van der Waals surface area (Å²) < 4.78 is 5.53. The van der Waals surface area contributed by atoms with Gasteiger partial charge in [-0.15, -0.1) is 11.3 Å². The van der Waals surface area contributed by atoms with Gasteiger partial charge in [-0.1, -0.05) is 0 Å². The van der Waals surface area contributed by atoms with Crippen molar-refractivity contribution in [2.24, 2.45) is 0 Å². The standard InChI is InChI=1S/C12H12N2O3S/c1-16-14-12(15)9-2-4-11(5-3-9)17-6-10-7-18-8-13-10/h2-5,7-8H,6H2,1H3,(H,14,15). The fourth-order valence-electron chi connectivity index (χ4n) is 1.32. The van der Waals surface area contributed by atoms with Crippen molar-refractivity contribution >= 4 is 17.2 Å². The molecule has 1 N–H and O–H groups in total. The molecule has 0 atom stereocenters. The van der Waals surface area contributed by atoms with Gasteiger partial charge in [-0.25, -0.2) is 10.5 Å². The highest BCUT2D eigenvalue weighted by molar-refractivity contribution is 7.07. The van der Waals surface area contributed by atoms with Gasteiger partial charge in [0.2, 0.25) is 0 Å². The molecule has 1 heterocycles. The average molecular weight is 264 g/mol. The summed E-state index contributed by atoms with van der Waals surface area (Å²) in [6.45, 7) is 0.424. The van der Waals surface area contributed by atoms with Crippen LogP contribution >= 0.6 is 11.3 Å². The van der Waals surface area contributed by atoms with Crippen molar-refractivity contribution < 1.29 is 14.4 Å². The Morgan fingerprint density at radius 1 is 1.39 bits per heavy atom. The number of hydroxylamine groups is 1. The molecule has 0 aliphatic heterocycles. The third kappa shape index (κ3) is 3.28. The van der Waals surface area contributed by atoms with E-state index in [4.69, 9.17) is 4.74 Å². The molecule has 2 rings (SSSR count). The summed E-state index contributed by atoms with van der Waals surface area (Å²) in [6, 6.07) is 6.81. The molecule has 6 heteroatoms. The molecule has 1 aromatic carbocycles. The molecular weight excluding hydrogens is 252 g/mol. The summed E-state index contributed by atoms with van der Waals surface area (Å²) in [7, 11) is 1.39. The number of nitrogens with one attached hydrogen (secondary N) is 1. The summed E-state index contributed by atoms with van der Waals surface area (Å²) in [5.41, 5.74) is 5.41. The maximum atomic E-state index is 11.4. The molecule has 0 unspecified atom stereocenters. The van der Waals surface area contributed by atoms with Gasteiger partial charge >= 0.3 is 0 Å². The molecule has 1 amide bonds. The van der Waals surface area contributed by atoms with Crippen LogP contribution in [-0.2, 0) is 11.4 Å². The maximum Gasteiger partial charge on any atom is 0.274 e. The molecule has 0 bridgehead atoms. The lowest BCUT2D eigenvalue weighted by molar-refractivity contribution is 0.0537. The number of rotatable bonds is 5. The summed E-state index contributed by atoms with van der Waals surface area (Å²) in [6.07, 6.45) is 0. The van der Waals surface area contributed by atoms with E-state index in [0.717, 1.165) is 5.69 Å². The van der Waals surface area contributed by atoms with Gasteiger partial charge < -0.3 is 4.74 Å². The highest BCUT2D eigenvalue weighted by Gasteiger charge is 2.04. The fraction of sp³-hybridized carbons (Fsp3) is 0.167. The first-order valence-corrected chi connectivity index (χ1v) is 6.17. The number of ether oxygens (including phenoxy) is 1. The zero-order valence-electron chi connectivity index (χ0n) is 9.75. The van der Waals surface area contributed by atoms with Crippen LogP contribution in [0.5, 0.6) is 5.75 Å². The second kappa shape index (κ2) is 6.13. The molecular formula is C12H12N2O3S. The zero-order valence-corrected chi connectivity index (χ0v) is 10.6. The van der Waals surface area contributed by atoms with Crippen LogP contribution in [0.2, 0.25) is 0 Å². The van der Waals surface area contributed by atoms with Crippen molar-refractivity contribution in [2.75, 3.05) is 7.11 Å². The Bertz CT molecular complexity index is 497. The van der Waals surface area contributed by atoms with Crippen molar-refractivity contribution in [3.8, 4) is 5.75 Å². The predicted molar refractivity (Wildman–Crippen MR) is 67.4 cm³/mol. The van der Waals surface area contributed by atoms with Crippen LogP contribution < -0.4 is 10.2 Å². The Labute approximate surface area is 108 Å². The Balaban J connectivity index is 1.93. The molecule has 0 aliphatic rings. The molecule has 0 aliphatic carbocycles. The van der Waals surface area contributed by atoms with Gasteiger partial charge in [0, 0.05) is 10.9 Å². The first kappa shape index (κ1) is 12.5. The van der Waals surface area contributed by atoms with Crippen LogP contribution in [0.1, 0.15) is 16.1 Å². The van der Waals surface area contributed by atoms with Crippen LogP contribution in [0.4, 0.5) is 0 Å². The van der Waals surface area contributed by atoms with Crippen LogP contribution in [0.25, 0.3) is 0 Å². The van der Waals surface area contributed by atoms with Gasteiger partial charge in [0.25, 0.3) is 5.91 Å². The van der Waals surface area contributed by atoms with E-state index >= 15 is 0 Å². The van der Waals surface area contributed by atoms with Crippen LogP contribution in [0.15, 0.2) is 35.2 Å². The molecule has 0 spiro atoms. The minimum atomic E-state index is -0.288. The van der Waals surface area contributed by atoms with E-state index < -0.39 is 0 Å². The smallest absolute Gasteiger partial charge is 0.274 e. The SMILES string of the molecule is CONC(=O)c1ccc(OCc2cscn2)cc1. The van der Waals surface area contributed by atoms with E-state index in [0.29, 0.717) is 17.9 Å². The Hall–Kier alpha value is -1.92. The minimum absolute atomic E-state index is 0.288. The van der Waals surface area contributed by atoms with Crippen molar-refractivity contribution in [2.45, 2.75) is 6.61 Å². The largest absolute Gasteiger partial charge is 0.487 e. The molecule has 5 nitrogen and oxygen atoms in total. The van der Waals surface area contributed by atoms with E-state index in [1.54, 1.807) is 29.8 Å². The molecule has 0 saturated carbocycles. The second-order valence-corrected chi connectivity index (χ2v) is 4.15. The van der Waals surface area contributed by atoms with Gasteiger partial charge in [-0.3, -0.25) is 9.63 Å². The van der Waals surface area contributed by atoms with Crippen LogP contribution in [-0.4, -0.2) is 18.0 Å². The van der Waals surface area contributed by atoms with E-state index in [1.165, 1.54) is 18.4 Å². The summed E-state index contributed by atoms with van der Waals surface area (Å²) >= 11 is 1.53. The molecule has 1 aromatic heterocycles. The predicted octanol–water partition coefficient (Wildman–Crippen LogP) is 2.01. The molecule has 94 valence electrons. The van der Waals surface area contributed by atoms with E-state index in [2.05, 4.69) is 15.3 Å². The van der Waals surface area contributed by atoms with E-state index in [9.17, 15) is 4.79 Å². The van der Waals surface area contributed by atoms with Crippen molar-refractivity contribution in [3.05, 3.63) is 46.4 Å². The topological polar surface area (TPSA) is 60.5 Å². The number of thiazole rings is 1. The summed E-state index contributed by atoms with van der Waals surface area (Å²) in [5, 5.41) is 1.93. The lowest BCUT2D eigenvalue weighted by atomic mass is 10.2. The average Bonchev–Trinajstić information content (AvgIpc) is 2.90. The van der Waals surface area contributed by atoms with Gasteiger partial charge in [0.15, 0.2) is 0 Å². The number of hydrogen-bond acceptors (Lipinski definition) is 5. The first-order valence-electron chi connectivity index (χ1n) is 5.23. The summed E-state index contributed by atoms with van der Waals surface area (Å²) in [4.78, 5) is 20.1. The molecule has 2 aromatic rings. The van der Waals surface area contributed by atoms with Gasteiger partial charge in [0.05, 0.1) is 18.3 Å². The third-order valence-corrected chi connectivity index (χ3v) is 2.82. The number of amides is 1. The zero-order chi connectivity index (χ0) is 12.8. The number of carbonyl (C=O) groups excluding carboxylic acids is 1. The highest BCUT2D eigenvalue weighted by Crippen LogP contribution is 2.14. The number of benzene rings is 1. The third-order valence-electron chi connectivity index (χ3n) is 2.18. The lowest BCUT2D eigenvalue weighted by Crippen LogP contribution is -2.21. The van der Waals surface area contributed by atoms with E-state index in [1.807, 2.05) is 5.38 Å². The minimum Gasteiger partial charge on any atom is -0.487 e. The molecule has 0 saturated heterocycles. The van der Waals surface area contributed by atoms with E-state index in [-0.39, 0.29) is 5.91 Å². The normalized spacial score (nSPS) is 10.1. The van der Waals surface area contributed by atoms with Crippen molar-refractivity contribution in [1.29, 1.82) is 0 Å². The number of aromatic nitrogens is 1. The van der Waals surface area contributed by atoms with Crippen LogP contribution in [0, 0.1) is 0 Å². The number of nitrogens with zero attached hydrogens (tertiary/aromatic N) is 1. The monoisotopic (exact) mass is 264 g/mol. The molecule has 0 radical (unpaired) electrons. The van der Waals surface area contributed by atoms with Crippen LogP contribution in [0.3, 0.4) is 0 Å². The van der Waals surface area contributed by atoms with Gasteiger partial charge in [-0.05, 0) is 24.3 Å². The molecule has 18 heavy (non-hydrogen) atoms. The van der Waals surface area contributed by atoms with Gasteiger partial charge in [-0.2, -0.15) is 0 Å². The molecule has 0 fully saturated rings. The van der Waals surface area contributed by atoms with Gasteiger partial charge in [0.1, 0.15) is 12.4 Å². The first-order chi connectivity index (χ1) is 8.79. The lowest BCUT2D eigenvalue weighted by Gasteiger charge is -2.05. The fourth-order valence-corrected chi connectivity index (χ4v) is 1.86. The second-order valence-electron chi connectivity index (χ2n) is 3.43. The number of carbonyl (C=O) groups is 1. The maximum absolute atomic E-state index is 11.4. The highest BCUT2D eigenvalue weighted by atomic mass is 32.1.